The fourth-order valence-corrected chi connectivity index (χ4v) is 3.51. The summed E-state index contributed by atoms with van der Waals surface area (Å²) < 4.78 is 5.61. The second-order valence-corrected chi connectivity index (χ2v) is 7.23. The second-order valence-electron chi connectivity index (χ2n) is 6.41. The van der Waals surface area contributed by atoms with Crippen LogP contribution in [0, 0.1) is 0 Å². The minimum absolute atomic E-state index is 0.164. The highest BCUT2D eigenvalue weighted by Crippen LogP contribution is 2.32. The Bertz CT molecular complexity index is 674. The minimum atomic E-state index is -0.593. The molecule has 7 heteroatoms. The number of halogens is 2. The number of aliphatic hydroxyl groups is 1. The van der Waals surface area contributed by atoms with Gasteiger partial charge in [-0.15, -0.1) is 0 Å². The highest BCUT2D eigenvalue weighted by molar-refractivity contribution is 6.37. The predicted octanol–water partition coefficient (Wildman–Crippen LogP) is 2.95. The Hall–Kier alpha value is -1.37. The van der Waals surface area contributed by atoms with Crippen LogP contribution in [0.25, 0.3) is 0 Å². The molecule has 1 aliphatic heterocycles. The van der Waals surface area contributed by atoms with E-state index in [1.807, 2.05) is 24.4 Å². The van der Waals surface area contributed by atoms with Gasteiger partial charge in [0.2, 0.25) is 0 Å². The first kappa shape index (κ1) is 19.4. The van der Waals surface area contributed by atoms with E-state index in [1.165, 1.54) is 0 Å². The van der Waals surface area contributed by atoms with Crippen LogP contribution in [0.3, 0.4) is 0 Å². The number of para-hydroxylation sites is 1. The summed E-state index contributed by atoms with van der Waals surface area (Å²) in [6.07, 6.45) is 1.23. The number of hydrogen-bond donors (Lipinski definition) is 1. The number of rotatable bonds is 7. The van der Waals surface area contributed by atoms with E-state index < -0.39 is 6.10 Å². The topological polar surface area (TPSA) is 48.8 Å². The van der Waals surface area contributed by atoms with E-state index in [9.17, 15) is 5.11 Å². The Balaban J connectivity index is 1.40. The number of piperazine rings is 1. The van der Waals surface area contributed by atoms with Crippen molar-refractivity contribution in [2.45, 2.75) is 12.6 Å². The normalized spacial score (nSPS) is 17.2. The molecule has 26 heavy (non-hydrogen) atoms. The Kier molecular flexibility index (Phi) is 7.11. The number of nitrogens with zero attached hydrogens (tertiary/aromatic N) is 3. The van der Waals surface area contributed by atoms with Gasteiger partial charge in [0.05, 0.1) is 15.7 Å². The molecule has 0 spiro atoms. The highest BCUT2D eigenvalue weighted by atomic mass is 35.5. The minimum Gasteiger partial charge on any atom is -0.488 e. The lowest BCUT2D eigenvalue weighted by molar-refractivity contribution is 0.0444. The molecule has 1 aromatic heterocycles. The number of aromatic nitrogens is 1. The van der Waals surface area contributed by atoms with E-state index in [0.717, 1.165) is 38.4 Å². The molecular weight excluding hydrogens is 373 g/mol. The molecule has 2 aromatic rings. The van der Waals surface area contributed by atoms with Crippen molar-refractivity contribution in [2.75, 3.05) is 39.3 Å². The molecule has 0 aliphatic carbocycles. The van der Waals surface area contributed by atoms with Crippen LogP contribution >= 0.6 is 23.2 Å². The summed E-state index contributed by atoms with van der Waals surface area (Å²) in [7, 11) is 0. The summed E-state index contributed by atoms with van der Waals surface area (Å²) in [5.74, 6) is 0.426. The predicted molar refractivity (Wildman–Crippen MR) is 104 cm³/mol. The van der Waals surface area contributed by atoms with Gasteiger partial charge in [0, 0.05) is 45.5 Å². The Morgan fingerprint density at radius 3 is 2.35 bits per heavy atom. The van der Waals surface area contributed by atoms with Gasteiger partial charge in [-0.1, -0.05) is 35.3 Å². The number of β-amino-alcohol motifs (C(OH)–C–C–N with tert-alkyl or cyclic N) is 1. The SMILES string of the molecule is OC(COc1c(Cl)cccc1Cl)CN1CCN(Cc2ccccn2)CC1. The molecule has 1 atom stereocenters. The van der Waals surface area contributed by atoms with Crippen molar-refractivity contribution >= 4 is 23.2 Å². The van der Waals surface area contributed by atoms with Crippen LogP contribution in [-0.4, -0.2) is 65.3 Å². The number of aliphatic hydroxyl groups excluding tert-OH is 1. The molecule has 3 rings (SSSR count). The van der Waals surface area contributed by atoms with Crippen LogP contribution in [0.4, 0.5) is 0 Å². The van der Waals surface area contributed by atoms with Gasteiger partial charge in [-0.2, -0.15) is 0 Å². The Morgan fingerprint density at radius 2 is 1.69 bits per heavy atom. The lowest BCUT2D eigenvalue weighted by atomic mass is 10.2. The first-order valence-corrected chi connectivity index (χ1v) is 9.47. The summed E-state index contributed by atoms with van der Waals surface area (Å²) in [4.78, 5) is 9.00. The van der Waals surface area contributed by atoms with Crippen molar-refractivity contribution in [1.29, 1.82) is 0 Å². The first-order chi connectivity index (χ1) is 12.6. The molecule has 140 valence electrons. The lowest BCUT2D eigenvalue weighted by Gasteiger charge is -2.35. The average molecular weight is 396 g/mol. The van der Waals surface area contributed by atoms with Crippen LogP contribution in [0.15, 0.2) is 42.6 Å². The molecule has 0 saturated carbocycles. The van der Waals surface area contributed by atoms with Crippen LogP contribution in [0.2, 0.25) is 10.0 Å². The molecule has 1 saturated heterocycles. The van der Waals surface area contributed by atoms with Crippen molar-refractivity contribution in [1.82, 2.24) is 14.8 Å². The van der Waals surface area contributed by atoms with E-state index in [4.69, 9.17) is 27.9 Å². The zero-order chi connectivity index (χ0) is 18.4. The van der Waals surface area contributed by atoms with Gasteiger partial charge in [-0.25, -0.2) is 0 Å². The molecule has 1 aliphatic rings. The smallest absolute Gasteiger partial charge is 0.156 e. The third-order valence-electron chi connectivity index (χ3n) is 4.38. The van der Waals surface area contributed by atoms with Crippen LogP contribution in [0.1, 0.15) is 5.69 Å². The number of benzene rings is 1. The number of ether oxygens (including phenoxy) is 1. The molecule has 2 heterocycles. The summed E-state index contributed by atoms with van der Waals surface area (Å²) in [6.45, 7) is 5.34. The summed E-state index contributed by atoms with van der Waals surface area (Å²) in [6, 6.07) is 11.2. The van der Waals surface area contributed by atoms with Crippen LogP contribution in [0.5, 0.6) is 5.75 Å². The molecule has 1 unspecified atom stereocenters. The van der Waals surface area contributed by atoms with Gasteiger partial charge in [-0.3, -0.25) is 14.8 Å². The van der Waals surface area contributed by atoms with Gasteiger partial charge in [-0.05, 0) is 24.3 Å². The van der Waals surface area contributed by atoms with Gasteiger partial charge in [0.25, 0.3) is 0 Å². The average Bonchev–Trinajstić information content (AvgIpc) is 2.64. The lowest BCUT2D eigenvalue weighted by Crippen LogP contribution is -2.48. The Labute approximate surface area is 164 Å². The van der Waals surface area contributed by atoms with Crippen LogP contribution in [-0.2, 0) is 6.54 Å². The van der Waals surface area contributed by atoms with Crippen molar-refractivity contribution in [2.24, 2.45) is 0 Å². The summed E-state index contributed by atoms with van der Waals surface area (Å²) >= 11 is 12.2. The quantitative estimate of drug-likeness (QED) is 0.780. The second kappa shape index (κ2) is 9.53. The van der Waals surface area contributed by atoms with E-state index in [-0.39, 0.29) is 6.61 Å². The van der Waals surface area contributed by atoms with E-state index in [2.05, 4.69) is 14.8 Å². The zero-order valence-electron chi connectivity index (χ0n) is 14.5. The largest absolute Gasteiger partial charge is 0.488 e. The Morgan fingerprint density at radius 1 is 1.00 bits per heavy atom. The fraction of sp³-hybridized carbons (Fsp3) is 0.421. The van der Waals surface area contributed by atoms with Crippen molar-refractivity contribution in [3.8, 4) is 5.75 Å². The van der Waals surface area contributed by atoms with Crippen LogP contribution < -0.4 is 4.74 Å². The number of pyridine rings is 1. The highest BCUT2D eigenvalue weighted by Gasteiger charge is 2.20. The van der Waals surface area contributed by atoms with E-state index >= 15 is 0 Å². The van der Waals surface area contributed by atoms with Gasteiger partial charge in [0.1, 0.15) is 12.7 Å². The molecular formula is C19H23Cl2N3O2. The van der Waals surface area contributed by atoms with Gasteiger partial charge in [0.15, 0.2) is 5.75 Å². The molecule has 1 fully saturated rings. The molecule has 0 bridgehead atoms. The standard InChI is InChI=1S/C19H23Cl2N3O2/c20-17-5-3-6-18(21)19(17)26-14-16(25)13-24-10-8-23(9-11-24)12-15-4-1-2-7-22-15/h1-7,16,25H,8-14H2. The molecule has 5 nitrogen and oxygen atoms in total. The van der Waals surface area contributed by atoms with Crippen molar-refractivity contribution in [3.05, 3.63) is 58.3 Å². The maximum Gasteiger partial charge on any atom is 0.156 e. The third kappa shape index (κ3) is 5.56. The monoisotopic (exact) mass is 395 g/mol. The third-order valence-corrected chi connectivity index (χ3v) is 4.98. The zero-order valence-corrected chi connectivity index (χ0v) is 16.0. The maximum absolute atomic E-state index is 10.3. The van der Waals surface area contributed by atoms with Crippen molar-refractivity contribution in [3.63, 3.8) is 0 Å². The molecule has 1 N–H and O–H groups in total. The fourth-order valence-electron chi connectivity index (χ4n) is 3.00. The van der Waals surface area contributed by atoms with Gasteiger partial charge >= 0.3 is 0 Å². The van der Waals surface area contributed by atoms with E-state index in [1.54, 1.807) is 18.2 Å². The summed E-state index contributed by atoms with van der Waals surface area (Å²) in [5.41, 5.74) is 1.09. The summed E-state index contributed by atoms with van der Waals surface area (Å²) in [5, 5.41) is 11.2. The maximum atomic E-state index is 10.3. The van der Waals surface area contributed by atoms with Crippen molar-refractivity contribution < 1.29 is 9.84 Å². The molecule has 0 amide bonds. The first-order valence-electron chi connectivity index (χ1n) is 8.71. The molecule has 1 aromatic carbocycles. The molecule has 0 radical (unpaired) electrons. The number of hydrogen-bond acceptors (Lipinski definition) is 5. The van der Waals surface area contributed by atoms with Gasteiger partial charge < -0.3 is 9.84 Å². The van der Waals surface area contributed by atoms with E-state index in [0.29, 0.717) is 22.3 Å².